The van der Waals surface area contributed by atoms with Crippen molar-refractivity contribution in [1.29, 1.82) is 0 Å². The van der Waals surface area contributed by atoms with Crippen LogP contribution in [-0.2, 0) is 0 Å². The van der Waals surface area contributed by atoms with Crippen LogP contribution in [0.4, 0.5) is 5.82 Å². The van der Waals surface area contributed by atoms with Crippen LogP contribution in [0.25, 0.3) is 0 Å². The van der Waals surface area contributed by atoms with Crippen LogP contribution in [0.5, 0.6) is 0 Å². The van der Waals surface area contributed by atoms with Crippen molar-refractivity contribution < 1.29 is 5.11 Å². The molecule has 1 rings (SSSR count). The molecule has 2 N–H and O–H groups in total. The van der Waals surface area contributed by atoms with Crippen LogP contribution in [0, 0.1) is 19.3 Å². The minimum absolute atomic E-state index is 0.0956. The van der Waals surface area contributed by atoms with E-state index in [-0.39, 0.29) is 12.0 Å². The monoisotopic (exact) mass is 271 g/mol. The van der Waals surface area contributed by atoms with E-state index in [1.807, 2.05) is 13.8 Å². The lowest BCUT2D eigenvalue weighted by atomic mass is 9.83. The smallest absolute Gasteiger partial charge is 0.155 e. The van der Waals surface area contributed by atoms with Gasteiger partial charge in [0.15, 0.2) is 11.0 Å². The molecule has 5 heteroatoms. The highest BCUT2D eigenvalue weighted by Crippen LogP contribution is 2.27. The van der Waals surface area contributed by atoms with Gasteiger partial charge in [0.05, 0.1) is 6.61 Å². The van der Waals surface area contributed by atoms with Crippen molar-refractivity contribution >= 4 is 17.4 Å². The van der Waals surface area contributed by atoms with Gasteiger partial charge in [-0.1, -0.05) is 25.4 Å². The fourth-order valence-electron chi connectivity index (χ4n) is 1.79. The van der Waals surface area contributed by atoms with Crippen LogP contribution >= 0.6 is 11.6 Å². The number of nitrogens with zero attached hydrogens (tertiary/aromatic N) is 2. The first kappa shape index (κ1) is 15.2. The lowest BCUT2D eigenvalue weighted by Gasteiger charge is -2.30. The Morgan fingerprint density at radius 1 is 1.17 bits per heavy atom. The molecule has 1 aromatic rings. The largest absolute Gasteiger partial charge is 0.396 e. The van der Waals surface area contributed by atoms with Crippen LogP contribution < -0.4 is 5.32 Å². The molecule has 0 spiro atoms. The summed E-state index contributed by atoms with van der Waals surface area (Å²) < 4.78 is 0. The van der Waals surface area contributed by atoms with Crippen molar-refractivity contribution in [2.24, 2.45) is 5.41 Å². The summed E-state index contributed by atoms with van der Waals surface area (Å²) in [5.41, 5.74) is 1.85. The number of hydrogen-bond donors (Lipinski definition) is 2. The molecule has 0 radical (unpaired) electrons. The Morgan fingerprint density at radius 3 is 2.28 bits per heavy atom. The molecule has 18 heavy (non-hydrogen) atoms. The van der Waals surface area contributed by atoms with Crippen molar-refractivity contribution in [3.8, 4) is 0 Å². The summed E-state index contributed by atoms with van der Waals surface area (Å²) in [5, 5.41) is 21.2. The second-order valence-corrected chi connectivity index (χ2v) is 5.17. The van der Waals surface area contributed by atoms with Gasteiger partial charge >= 0.3 is 0 Å². The summed E-state index contributed by atoms with van der Waals surface area (Å²) in [6.07, 6.45) is 1.85. The molecule has 102 valence electrons. The van der Waals surface area contributed by atoms with Crippen LogP contribution in [0.1, 0.15) is 37.8 Å². The van der Waals surface area contributed by atoms with Crippen molar-refractivity contribution in [2.45, 2.75) is 40.5 Å². The molecule has 0 atom stereocenters. The molecule has 0 amide bonds. The minimum Gasteiger partial charge on any atom is -0.396 e. The van der Waals surface area contributed by atoms with Gasteiger partial charge in [-0.25, -0.2) is 0 Å². The van der Waals surface area contributed by atoms with Gasteiger partial charge in [-0.05, 0) is 37.8 Å². The quantitative estimate of drug-likeness (QED) is 0.835. The van der Waals surface area contributed by atoms with Gasteiger partial charge in [0.25, 0.3) is 0 Å². The molecule has 0 saturated heterocycles. The molecule has 4 nitrogen and oxygen atoms in total. The number of rotatable bonds is 6. The van der Waals surface area contributed by atoms with E-state index in [4.69, 9.17) is 11.6 Å². The molecule has 1 aromatic heterocycles. The number of hydrogen-bond acceptors (Lipinski definition) is 4. The van der Waals surface area contributed by atoms with Gasteiger partial charge in [0, 0.05) is 12.0 Å². The minimum atomic E-state index is -0.0956. The summed E-state index contributed by atoms with van der Waals surface area (Å²) in [6, 6.07) is 0. The highest BCUT2D eigenvalue weighted by atomic mass is 35.5. The zero-order chi connectivity index (χ0) is 13.8. The van der Waals surface area contributed by atoms with Crippen LogP contribution in [0.15, 0.2) is 0 Å². The Kier molecular flexibility index (Phi) is 5.35. The fraction of sp³-hybridized carbons (Fsp3) is 0.692. The molecule has 0 fully saturated rings. The average molecular weight is 272 g/mol. The summed E-state index contributed by atoms with van der Waals surface area (Å²) in [4.78, 5) is 0. The molecular weight excluding hydrogens is 250 g/mol. The van der Waals surface area contributed by atoms with Crippen molar-refractivity contribution in [1.82, 2.24) is 10.2 Å². The van der Waals surface area contributed by atoms with Crippen molar-refractivity contribution in [2.75, 3.05) is 18.5 Å². The highest BCUT2D eigenvalue weighted by molar-refractivity contribution is 6.30. The first-order valence-electron chi connectivity index (χ1n) is 6.33. The number of aliphatic hydroxyl groups is 1. The number of nitrogens with one attached hydrogen (secondary N) is 1. The second kappa shape index (κ2) is 6.34. The van der Waals surface area contributed by atoms with E-state index in [1.54, 1.807) is 0 Å². The van der Waals surface area contributed by atoms with Crippen molar-refractivity contribution in [3.63, 3.8) is 0 Å². The first-order chi connectivity index (χ1) is 8.49. The molecular formula is C13H22ClN3O. The molecule has 0 bridgehead atoms. The number of halogens is 1. The Bertz CT molecular complexity index is 397. The van der Waals surface area contributed by atoms with E-state index >= 15 is 0 Å². The fourth-order valence-corrected chi connectivity index (χ4v) is 1.97. The maximum Gasteiger partial charge on any atom is 0.155 e. The normalized spacial score (nSPS) is 11.7. The Hall–Kier alpha value is -0.870. The lowest BCUT2D eigenvalue weighted by molar-refractivity contribution is 0.127. The van der Waals surface area contributed by atoms with Gasteiger partial charge < -0.3 is 10.4 Å². The molecule has 0 aliphatic heterocycles. The van der Waals surface area contributed by atoms with E-state index in [2.05, 4.69) is 29.4 Å². The van der Waals surface area contributed by atoms with E-state index in [1.165, 1.54) is 0 Å². The SMILES string of the molecule is CCC(CC)(CO)CNc1nnc(Cl)c(C)c1C. The summed E-state index contributed by atoms with van der Waals surface area (Å²) in [5.74, 6) is 0.747. The molecule has 0 aliphatic carbocycles. The van der Waals surface area contributed by atoms with Crippen LogP contribution in [-0.4, -0.2) is 28.5 Å². The van der Waals surface area contributed by atoms with E-state index < -0.39 is 0 Å². The van der Waals surface area contributed by atoms with Crippen LogP contribution in [0.2, 0.25) is 5.15 Å². The summed E-state index contributed by atoms with van der Waals surface area (Å²) >= 11 is 5.92. The zero-order valence-electron chi connectivity index (χ0n) is 11.5. The standard InChI is InChI=1S/C13H22ClN3O/c1-5-13(6-2,8-18)7-15-12-10(4)9(3)11(14)16-17-12/h18H,5-8H2,1-4H3,(H,15,17). The topological polar surface area (TPSA) is 58.0 Å². The highest BCUT2D eigenvalue weighted by Gasteiger charge is 2.25. The van der Waals surface area contributed by atoms with Gasteiger partial charge in [-0.3, -0.25) is 0 Å². The maximum absolute atomic E-state index is 9.53. The Morgan fingerprint density at radius 2 is 1.78 bits per heavy atom. The van der Waals surface area contributed by atoms with E-state index in [0.29, 0.717) is 11.7 Å². The predicted molar refractivity (Wildman–Crippen MR) is 75.1 cm³/mol. The Labute approximate surface area is 114 Å². The van der Waals surface area contributed by atoms with E-state index in [0.717, 1.165) is 29.8 Å². The second-order valence-electron chi connectivity index (χ2n) is 4.81. The summed E-state index contributed by atoms with van der Waals surface area (Å²) in [7, 11) is 0. The molecule has 1 heterocycles. The third-order valence-corrected chi connectivity index (χ3v) is 4.29. The molecule has 0 aliphatic rings. The predicted octanol–water partition coefficient (Wildman–Crippen LogP) is 2.96. The molecule has 0 saturated carbocycles. The van der Waals surface area contributed by atoms with Crippen LogP contribution in [0.3, 0.4) is 0 Å². The lowest BCUT2D eigenvalue weighted by Crippen LogP contribution is -2.32. The number of aliphatic hydroxyl groups excluding tert-OH is 1. The third-order valence-electron chi connectivity index (χ3n) is 3.93. The molecule has 0 aromatic carbocycles. The van der Waals surface area contributed by atoms with Gasteiger partial charge in [-0.2, -0.15) is 0 Å². The van der Waals surface area contributed by atoms with Crippen molar-refractivity contribution in [3.05, 3.63) is 16.3 Å². The zero-order valence-corrected chi connectivity index (χ0v) is 12.3. The number of anilines is 1. The van der Waals surface area contributed by atoms with Gasteiger partial charge in [0.2, 0.25) is 0 Å². The number of aromatic nitrogens is 2. The first-order valence-corrected chi connectivity index (χ1v) is 6.71. The van der Waals surface area contributed by atoms with Gasteiger partial charge in [0.1, 0.15) is 0 Å². The Balaban J connectivity index is 2.83. The average Bonchev–Trinajstić information content (AvgIpc) is 2.40. The maximum atomic E-state index is 9.53. The third kappa shape index (κ3) is 3.12. The summed E-state index contributed by atoms with van der Waals surface area (Å²) in [6.45, 7) is 8.94. The van der Waals surface area contributed by atoms with E-state index in [9.17, 15) is 5.11 Å². The molecule has 0 unspecified atom stereocenters. The van der Waals surface area contributed by atoms with Gasteiger partial charge in [-0.15, -0.1) is 10.2 Å².